The van der Waals surface area contributed by atoms with Crippen molar-refractivity contribution < 1.29 is 36.0 Å². The lowest BCUT2D eigenvalue weighted by atomic mass is 10.1. The molecule has 0 aliphatic carbocycles. The Morgan fingerprint density at radius 2 is 1.90 bits per heavy atom. The second kappa shape index (κ2) is 7.02. The van der Waals surface area contributed by atoms with Gasteiger partial charge in [-0.1, -0.05) is 0 Å². The van der Waals surface area contributed by atoms with E-state index >= 15 is 0 Å². The van der Waals surface area contributed by atoms with Gasteiger partial charge in [0.1, 0.15) is 11.8 Å². The van der Waals surface area contributed by atoms with Gasteiger partial charge < -0.3 is 23.3 Å². The number of nitrogens with one attached hydrogen (secondary N) is 2. The zero-order valence-corrected chi connectivity index (χ0v) is 15.7. The van der Waals surface area contributed by atoms with E-state index in [4.69, 9.17) is 18.0 Å². The zero-order valence-electron chi connectivity index (χ0n) is 14.9. The number of carbonyl (C=O) groups excluding carboxylic acids is 2. The van der Waals surface area contributed by atoms with E-state index < -0.39 is 27.1 Å². The number of rotatable bonds is 5. The minimum atomic E-state index is -4.38. The highest BCUT2D eigenvalue weighted by molar-refractivity contribution is 7.89. The van der Waals surface area contributed by atoms with Gasteiger partial charge in [0.05, 0.1) is 30.4 Å². The molecule has 0 aliphatic heterocycles. The largest absolute Gasteiger partial charge is 0.464 e. The Balaban J connectivity index is 1.58. The number of hydrogen-bond acceptors (Lipinski definition) is 8. The molecule has 0 saturated heterocycles. The van der Waals surface area contributed by atoms with E-state index in [9.17, 15) is 18.0 Å². The summed E-state index contributed by atoms with van der Waals surface area (Å²) < 4.78 is 47.0. The fourth-order valence-electron chi connectivity index (χ4n) is 2.75. The van der Waals surface area contributed by atoms with Crippen LogP contribution in [-0.2, 0) is 14.8 Å². The molecule has 1 aromatic carbocycles. The molecule has 3 aromatic heterocycles. The van der Waals surface area contributed by atoms with Crippen LogP contribution in [-0.4, -0.2) is 27.0 Å². The molecule has 0 aliphatic rings. The molecule has 0 unspecified atom stereocenters. The van der Waals surface area contributed by atoms with Gasteiger partial charge in [0, 0.05) is 16.8 Å². The average molecular weight is 418 g/mol. The fourth-order valence-corrected chi connectivity index (χ4v) is 3.61. The molecule has 0 atom stereocenters. The minimum absolute atomic E-state index is 0.0897. The molecule has 150 valence electrons. The van der Waals surface area contributed by atoms with Gasteiger partial charge in [0.25, 0.3) is 10.0 Å². The molecule has 29 heavy (non-hydrogen) atoms. The number of benzene rings is 1. The summed E-state index contributed by atoms with van der Waals surface area (Å²) in [5, 5.41) is 3.04. The summed E-state index contributed by atoms with van der Waals surface area (Å²) in [7, 11) is -4.38. The molecule has 11 heteroatoms. The normalized spacial score (nSPS) is 11.6. The highest BCUT2D eigenvalue weighted by Crippen LogP contribution is 2.34. The van der Waals surface area contributed by atoms with Crippen molar-refractivity contribution >= 4 is 49.6 Å². The van der Waals surface area contributed by atoms with Crippen LogP contribution in [0.2, 0.25) is 0 Å². The monoisotopic (exact) mass is 418 g/mol. The number of hydrogen-bond donors (Lipinski definition) is 2. The third kappa shape index (κ3) is 3.43. The predicted octanol–water partition coefficient (Wildman–Crippen LogP) is 3.46. The molecule has 4 aromatic rings. The number of ether oxygens (including phenoxy) is 1. The molecule has 4 rings (SSSR count). The molecular weight excluding hydrogens is 404 g/mol. The van der Waals surface area contributed by atoms with Crippen LogP contribution < -0.4 is 10.0 Å². The molecule has 10 nitrogen and oxygen atoms in total. The van der Waals surface area contributed by atoms with Crippen LogP contribution in [0.4, 0.5) is 10.5 Å². The van der Waals surface area contributed by atoms with Crippen LogP contribution in [0.5, 0.6) is 0 Å². The van der Waals surface area contributed by atoms with Crippen LogP contribution in [0.25, 0.3) is 21.9 Å². The summed E-state index contributed by atoms with van der Waals surface area (Å²) in [6.07, 6.45) is 3.80. The standard InChI is InChI=1S/C18H14N2O8S/c1-2-25-17(21)11-8-14(28-9-11)29(23,24)20-18(22)19-15-12-4-6-26-13(12)7-10-3-5-27-16(10)15/h3-9H,2H2,1H3,(H2,19,20,22). The molecular formula is C18H14N2O8S. The first kappa shape index (κ1) is 18.6. The molecule has 0 spiro atoms. The van der Waals surface area contributed by atoms with Gasteiger partial charge >= 0.3 is 12.0 Å². The number of furan rings is 3. The maximum absolute atomic E-state index is 12.4. The fraction of sp³-hybridized carbons (Fsp3) is 0.111. The van der Waals surface area contributed by atoms with Crippen molar-refractivity contribution in [2.75, 3.05) is 11.9 Å². The van der Waals surface area contributed by atoms with Gasteiger partial charge in [-0.25, -0.2) is 14.3 Å². The highest BCUT2D eigenvalue weighted by atomic mass is 32.2. The van der Waals surface area contributed by atoms with Crippen LogP contribution in [0.1, 0.15) is 17.3 Å². The van der Waals surface area contributed by atoms with E-state index in [-0.39, 0.29) is 17.9 Å². The lowest BCUT2D eigenvalue weighted by molar-refractivity contribution is 0.0525. The SMILES string of the molecule is CCOC(=O)c1coc(S(=O)(=O)NC(=O)Nc2c3ccoc3cc3ccoc23)c1. The van der Waals surface area contributed by atoms with Crippen molar-refractivity contribution in [3.63, 3.8) is 0 Å². The van der Waals surface area contributed by atoms with Crippen molar-refractivity contribution in [1.82, 2.24) is 4.72 Å². The van der Waals surface area contributed by atoms with Crippen LogP contribution in [0, 0.1) is 0 Å². The van der Waals surface area contributed by atoms with Crippen LogP contribution >= 0.6 is 0 Å². The minimum Gasteiger partial charge on any atom is -0.464 e. The molecule has 2 N–H and O–H groups in total. The van der Waals surface area contributed by atoms with Crippen molar-refractivity contribution in [1.29, 1.82) is 0 Å². The van der Waals surface area contributed by atoms with E-state index in [0.29, 0.717) is 21.9 Å². The Morgan fingerprint density at radius 3 is 2.69 bits per heavy atom. The summed E-state index contributed by atoms with van der Waals surface area (Å²) in [6, 6.07) is 4.93. The summed E-state index contributed by atoms with van der Waals surface area (Å²) in [5.41, 5.74) is 1.000. The quantitative estimate of drug-likeness (QED) is 0.469. The first-order valence-corrected chi connectivity index (χ1v) is 9.84. The van der Waals surface area contributed by atoms with Crippen molar-refractivity contribution in [3.8, 4) is 0 Å². The van der Waals surface area contributed by atoms with Gasteiger partial charge in [-0.15, -0.1) is 0 Å². The molecule has 2 amide bonds. The Kier molecular flexibility index (Phi) is 4.51. The van der Waals surface area contributed by atoms with E-state index in [1.807, 2.05) is 4.72 Å². The second-order valence-corrected chi connectivity index (χ2v) is 7.47. The molecule has 0 bridgehead atoms. The Hall–Kier alpha value is -3.73. The number of carbonyl (C=O) groups is 2. The van der Waals surface area contributed by atoms with Crippen LogP contribution in [0.15, 0.2) is 61.4 Å². The summed E-state index contributed by atoms with van der Waals surface area (Å²) in [5.74, 6) is -0.742. The number of esters is 1. The van der Waals surface area contributed by atoms with Gasteiger partial charge in [0.2, 0.25) is 5.09 Å². The van der Waals surface area contributed by atoms with Crippen molar-refractivity contribution in [3.05, 3.63) is 48.6 Å². The van der Waals surface area contributed by atoms with Crippen molar-refractivity contribution in [2.45, 2.75) is 12.0 Å². The smallest absolute Gasteiger partial charge is 0.341 e. The summed E-state index contributed by atoms with van der Waals surface area (Å²) in [6.45, 7) is 1.73. The number of amides is 2. The first-order chi connectivity index (χ1) is 13.9. The Bertz CT molecular complexity index is 1280. The van der Waals surface area contributed by atoms with Gasteiger partial charge in [-0.05, 0) is 25.1 Å². The maximum atomic E-state index is 12.4. The maximum Gasteiger partial charge on any atom is 0.341 e. The summed E-state index contributed by atoms with van der Waals surface area (Å²) in [4.78, 5) is 24.0. The molecule has 0 fully saturated rings. The Morgan fingerprint density at radius 1 is 1.10 bits per heavy atom. The van der Waals surface area contributed by atoms with Crippen molar-refractivity contribution in [2.24, 2.45) is 0 Å². The molecule has 3 heterocycles. The lowest BCUT2D eigenvalue weighted by Crippen LogP contribution is -2.34. The lowest BCUT2D eigenvalue weighted by Gasteiger charge is -2.08. The van der Waals surface area contributed by atoms with Crippen LogP contribution in [0.3, 0.4) is 0 Å². The van der Waals surface area contributed by atoms with Gasteiger partial charge in [-0.2, -0.15) is 8.42 Å². The number of sulfonamides is 1. The Labute approximate surface area is 163 Å². The highest BCUT2D eigenvalue weighted by Gasteiger charge is 2.25. The number of fused-ring (bicyclic) bond motifs is 2. The third-order valence-corrected chi connectivity index (χ3v) is 5.19. The molecule has 0 saturated carbocycles. The molecule has 0 radical (unpaired) electrons. The predicted molar refractivity (Wildman–Crippen MR) is 100.0 cm³/mol. The number of anilines is 1. The van der Waals surface area contributed by atoms with Gasteiger partial charge in [-0.3, -0.25) is 0 Å². The number of urea groups is 1. The zero-order chi connectivity index (χ0) is 20.6. The first-order valence-electron chi connectivity index (χ1n) is 8.36. The third-order valence-electron chi connectivity index (χ3n) is 3.99. The summed E-state index contributed by atoms with van der Waals surface area (Å²) >= 11 is 0. The van der Waals surface area contributed by atoms with E-state index in [1.165, 1.54) is 12.5 Å². The van der Waals surface area contributed by atoms with E-state index in [2.05, 4.69) is 5.32 Å². The average Bonchev–Trinajstić information content (AvgIpc) is 3.41. The second-order valence-electron chi connectivity index (χ2n) is 5.86. The van der Waals surface area contributed by atoms with E-state index in [1.54, 1.807) is 25.1 Å². The van der Waals surface area contributed by atoms with Gasteiger partial charge in [0.15, 0.2) is 5.58 Å². The topological polar surface area (TPSA) is 141 Å². The van der Waals surface area contributed by atoms with E-state index in [0.717, 1.165) is 12.3 Å².